The van der Waals surface area contributed by atoms with Gasteiger partial charge in [-0.15, -0.1) is 0 Å². The second kappa shape index (κ2) is 9.11. The molecule has 2 fully saturated rings. The third kappa shape index (κ3) is 4.58. The molecule has 0 amide bonds. The van der Waals surface area contributed by atoms with Gasteiger partial charge < -0.3 is 10.5 Å². The number of nitrogens with zero attached hydrogens (tertiary/aromatic N) is 1. The summed E-state index contributed by atoms with van der Waals surface area (Å²) in [6.07, 6.45) is 6.01. The first kappa shape index (κ1) is 21.4. The monoisotopic (exact) mass is 406 g/mol. The van der Waals surface area contributed by atoms with E-state index in [0.717, 1.165) is 25.0 Å². The third-order valence-corrected chi connectivity index (χ3v) is 7.30. The number of aryl methyl sites for hydroxylation is 1. The highest BCUT2D eigenvalue weighted by Crippen LogP contribution is 2.50. The summed E-state index contributed by atoms with van der Waals surface area (Å²) in [5.74, 6) is 1.58. The van der Waals surface area contributed by atoms with Crippen LogP contribution in [0.3, 0.4) is 0 Å². The molecule has 4 rings (SSSR count). The second-order valence-electron chi connectivity index (χ2n) is 9.89. The van der Waals surface area contributed by atoms with Crippen molar-refractivity contribution >= 4 is 0 Å². The number of likely N-dealkylation sites (tertiary alicyclic amines) is 1. The van der Waals surface area contributed by atoms with Gasteiger partial charge in [0.1, 0.15) is 5.75 Å². The quantitative estimate of drug-likeness (QED) is 0.689. The summed E-state index contributed by atoms with van der Waals surface area (Å²) in [5.41, 5.74) is 9.70. The lowest BCUT2D eigenvalue weighted by molar-refractivity contribution is 0.00187. The summed E-state index contributed by atoms with van der Waals surface area (Å²) in [5, 5.41) is 0. The Morgan fingerprint density at radius 2 is 1.90 bits per heavy atom. The molecule has 2 aliphatic rings. The summed E-state index contributed by atoms with van der Waals surface area (Å²) >= 11 is 0. The van der Waals surface area contributed by atoms with Crippen LogP contribution in [0.2, 0.25) is 0 Å². The minimum atomic E-state index is 0.175. The van der Waals surface area contributed by atoms with Gasteiger partial charge in [0.25, 0.3) is 0 Å². The molecule has 3 heteroatoms. The normalized spacial score (nSPS) is 29.2. The van der Waals surface area contributed by atoms with E-state index >= 15 is 0 Å². The van der Waals surface area contributed by atoms with Gasteiger partial charge in [-0.1, -0.05) is 49.4 Å². The SMILES string of the molecule is CC(C)Oc1cccc([C@]23C[C@@H](N)C[C@H](C2)N(CCCc2ccccc2)C[C@@H]3C)c1. The molecule has 1 heterocycles. The van der Waals surface area contributed by atoms with E-state index in [9.17, 15) is 0 Å². The van der Waals surface area contributed by atoms with Crippen molar-refractivity contribution in [3.05, 3.63) is 65.7 Å². The van der Waals surface area contributed by atoms with Crippen molar-refractivity contribution in [3.8, 4) is 5.75 Å². The number of hydrogen-bond donors (Lipinski definition) is 1. The first-order valence-electron chi connectivity index (χ1n) is 11.8. The molecule has 30 heavy (non-hydrogen) atoms. The van der Waals surface area contributed by atoms with E-state index in [-0.39, 0.29) is 17.6 Å². The van der Waals surface area contributed by atoms with Gasteiger partial charge in [-0.05, 0) is 81.7 Å². The Morgan fingerprint density at radius 1 is 1.10 bits per heavy atom. The minimum Gasteiger partial charge on any atom is -0.491 e. The van der Waals surface area contributed by atoms with Gasteiger partial charge in [0.05, 0.1) is 6.10 Å². The summed E-state index contributed by atoms with van der Waals surface area (Å²) in [4.78, 5) is 2.74. The lowest BCUT2D eigenvalue weighted by atomic mass is 9.57. The first-order valence-corrected chi connectivity index (χ1v) is 11.8. The van der Waals surface area contributed by atoms with E-state index in [4.69, 9.17) is 10.5 Å². The molecule has 1 saturated carbocycles. The van der Waals surface area contributed by atoms with Gasteiger partial charge >= 0.3 is 0 Å². The molecule has 2 aromatic rings. The summed E-state index contributed by atoms with van der Waals surface area (Å²) in [6, 6.07) is 20.6. The van der Waals surface area contributed by atoms with Crippen LogP contribution in [0.15, 0.2) is 54.6 Å². The number of piperidine rings is 1. The van der Waals surface area contributed by atoms with Crippen LogP contribution in [0, 0.1) is 5.92 Å². The Labute approximate surface area is 182 Å². The zero-order chi connectivity index (χ0) is 21.1. The Bertz CT molecular complexity index is 821. The highest BCUT2D eigenvalue weighted by molar-refractivity contribution is 5.36. The molecule has 0 radical (unpaired) electrons. The average molecular weight is 407 g/mol. The van der Waals surface area contributed by atoms with E-state index in [1.807, 2.05) is 0 Å². The van der Waals surface area contributed by atoms with Gasteiger partial charge in [-0.2, -0.15) is 0 Å². The number of ether oxygens (including phenoxy) is 1. The topological polar surface area (TPSA) is 38.5 Å². The number of benzene rings is 2. The lowest BCUT2D eigenvalue weighted by Gasteiger charge is -2.56. The molecule has 162 valence electrons. The van der Waals surface area contributed by atoms with Gasteiger partial charge in [0.2, 0.25) is 0 Å². The van der Waals surface area contributed by atoms with E-state index in [1.54, 1.807) is 0 Å². The molecule has 1 saturated heterocycles. The van der Waals surface area contributed by atoms with Crippen molar-refractivity contribution in [2.24, 2.45) is 11.7 Å². The van der Waals surface area contributed by atoms with Crippen molar-refractivity contribution in [2.45, 2.75) is 76.5 Å². The molecule has 0 aromatic heterocycles. The summed E-state index contributed by atoms with van der Waals surface area (Å²) < 4.78 is 6.02. The van der Waals surface area contributed by atoms with Crippen molar-refractivity contribution in [3.63, 3.8) is 0 Å². The van der Waals surface area contributed by atoms with E-state index < -0.39 is 0 Å². The molecule has 2 N–H and O–H groups in total. The number of fused-ring (bicyclic) bond motifs is 2. The van der Waals surface area contributed by atoms with Crippen molar-refractivity contribution in [2.75, 3.05) is 13.1 Å². The van der Waals surface area contributed by atoms with Crippen LogP contribution in [0.4, 0.5) is 0 Å². The maximum Gasteiger partial charge on any atom is 0.119 e. The van der Waals surface area contributed by atoms with Crippen molar-refractivity contribution < 1.29 is 4.74 Å². The smallest absolute Gasteiger partial charge is 0.119 e. The summed E-state index contributed by atoms with van der Waals surface area (Å²) in [7, 11) is 0. The van der Waals surface area contributed by atoms with Gasteiger partial charge in [0.15, 0.2) is 0 Å². The molecule has 0 unspecified atom stereocenters. The zero-order valence-corrected chi connectivity index (χ0v) is 18.9. The van der Waals surface area contributed by atoms with Crippen LogP contribution in [-0.2, 0) is 11.8 Å². The molecule has 2 aromatic carbocycles. The first-order chi connectivity index (χ1) is 14.5. The Kier molecular flexibility index (Phi) is 6.50. The van der Waals surface area contributed by atoms with Crippen LogP contribution in [0.1, 0.15) is 57.6 Å². The predicted molar refractivity (Wildman–Crippen MR) is 125 cm³/mol. The van der Waals surface area contributed by atoms with E-state index in [1.165, 1.54) is 37.1 Å². The predicted octanol–water partition coefficient (Wildman–Crippen LogP) is 5.18. The van der Waals surface area contributed by atoms with Gasteiger partial charge in [-0.3, -0.25) is 4.90 Å². The summed E-state index contributed by atoms with van der Waals surface area (Å²) in [6.45, 7) is 8.96. The fourth-order valence-corrected chi connectivity index (χ4v) is 5.92. The van der Waals surface area contributed by atoms with Gasteiger partial charge in [0, 0.05) is 24.0 Å². The highest BCUT2D eigenvalue weighted by atomic mass is 16.5. The van der Waals surface area contributed by atoms with Crippen LogP contribution < -0.4 is 10.5 Å². The fraction of sp³-hybridized carbons (Fsp3) is 0.556. The van der Waals surface area contributed by atoms with Crippen LogP contribution in [0.25, 0.3) is 0 Å². The van der Waals surface area contributed by atoms with Gasteiger partial charge in [-0.25, -0.2) is 0 Å². The Hall–Kier alpha value is -1.84. The number of rotatable bonds is 7. The van der Waals surface area contributed by atoms with Crippen LogP contribution in [-0.4, -0.2) is 36.2 Å². The average Bonchev–Trinajstić information content (AvgIpc) is 2.72. The molecule has 1 aliphatic heterocycles. The van der Waals surface area contributed by atoms with E-state index in [2.05, 4.69) is 80.3 Å². The van der Waals surface area contributed by atoms with Crippen LogP contribution >= 0.6 is 0 Å². The molecular formula is C27H38N2O. The molecular weight excluding hydrogens is 368 g/mol. The number of nitrogens with two attached hydrogens (primary N) is 1. The lowest BCUT2D eigenvalue weighted by Crippen LogP contribution is -2.60. The maximum absolute atomic E-state index is 6.65. The standard InChI is InChI=1S/C27H38N2O/c1-20(2)30-26-13-7-12-23(15-26)27-17-24(28)16-25(18-27)29(19-21(27)3)14-8-11-22-9-5-4-6-10-22/h4-7,9-10,12-13,15,20-21,24-25H,8,11,14,16-19,28H2,1-3H3/t21-,24-,25+,27+/m0/s1. The Morgan fingerprint density at radius 3 is 2.67 bits per heavy atom. The fourth-order valence-electron chi connectivity index (χ4n) is 5.92. The van der Waals surface area contributed by atoms with Crippen molar-refractivity contribution in [1.82, 2.24) is 4.90 Å². The third-order valence-electron chi connectivity index (χ3n) is 7.30. The maximum atomic E-state index is 6.65. The molecule has 3 nitrogen and oxygen atoms in total. The number of hydrogen-bond acceptors (Lipinski definition) is 3. The van der Waals surface area contributed by atoms with E-state index in [0.29, 0.717) is 12.0 Å². The minimum absolute atomic E-state index is 0.175. The second-order valence-corrected chi connectivity index (χ2v) is 9.89. The Balaban J connectivity index is 1.49. The zero-order valence-electron chi connectivity index (χ0n) is 18.9. The van der Waals surface area contributed by atoms with Crippen molar-refractivity contribution in [1.29, 1.82) is 0 Å². The molecule has 0 spiro atoms. The molecule has 2 bridgehead atoms. The molecule has 1 aliphatic carbocycles. The van der Waals surface area contributed by atoms with Crippen LogP contribution in [0.5, 0.6) is 5.75 Å². The highest BCUT2D eigenvalue weighted by Gasteiger charge is 2.50. The molecule has 4 atom stereocenters. The largest absolute Gasteiger partial charge is 0.491 e.